The number of hydrogen-bond acceptors (Lipinski definition) is 5. The van der Waals surface area contributed by atoms with Crippen LogP contribution in [0, 0.1) is 0 Å². The Balaban J connectivity index is 0.00000192. The van der Waals surface area contributed by atoms with Crippen LogP contribution in [0.15, 0.2) is 35.5 Å². The highest BCUT2D eigenvalue weighted by Gasteiger charge is 2.36. The van der Waals surface area contributed by atoms with E-state index in [0.29, 0.717) is 24.7 Å². The van der Waals surface area contributed by atoms with Gasteiger partial charge in [-0.15, -0.1) is 17.5 Å². The van der Waals surface area contributed by atoms with Gasteiger partial charge in [-0.2, -0.15) is 4.31 Å². The van der Waals surface area contributed by atoms with Crippen LogP contribution >= 0.6 is 24.0 Å². The van der Waals surface area contributed by atoms with Crippen molar-refractivity contribution in [2.45, 2.75) is 11.1 Å². The van der Waals surface area contributed by atoms with E-state index in [4.69, 9.17) is 11.6 Å². The normalized spacial score (nSPS) is 19.3. The molecule has 23 heavy (non-hydrogen) atoms. The van der Waals surface area contributed by atoms with Crippen LogP contribution in [-0.4, -0.2) is 47.4 Å². The fraction of sp³-hybridized carbons (Fsp3) is 0.385. The fourth-order valence-corrected chi connectivity index (χ4v) is 4.46. The molecule has 1 saturated heterocycles. The van der Waals surface area contributed by atoms with E-state index in [1.807, 2.05) is 12.1 Å². The zero-order chi connectivity index (χ0) is 15.7. The lowest BCUT2D eigenvalue weighted by atomic mass is 10.1. The molecule has 1 atom stereocenters. The predicted octanol–water partition coefficient (Wildman–Crippen LogP) is 1.23. The molecule has 1 aromatic carbocycles. The first-order chi connectivity index (χ1) is 10.5. The topological polar surface area (TPSA) is 80.1 Å². The van der Waals surface area contributed by atoms with Gasteiger partial charge < -0.3 is 5.32 Å². The third-order valence-electron chi connectivity index (χ3n) is 3.67. The lowest BCUT2D eigenvalue weighted by Gasteiger charge is -2.35. The lowest BCUT2D eigenvalue weighted by Crippen LogP contribution is -2.48. The highest BCUT2D eigenvalue weighted by Crippen LogP contribution is 2.29. The summed E-state index contributed by atoms with van der Waals surface area (Å²) in [6.45, 7) is 1.51. The zero-order valence-corrected chi connectivity index (χ0v) is 14.8. The molecule has 1 N–H and O–H groups in total. The molecule has 10 heteroatoms. The van der Waals surface area contributed by atoms with Crippen molar-refractivity contribution in [2.75, 3.05) is 19.6 Å². The van der Waals surface area contributed by atoms with Crippen molar-refractivity contribution in [3.05, 3.63) is 41.0 Å². The number of piperazine rings is 1. The molecule has 1 fully saturated rings. The molecule has 1 aromatic heterocycles. The minimum atomic E-state index is -3.67. The fourth-order valence-electron chi connectivity index (χ4n) is 2.61. The van der Waals surface area contributed by atoms with E-state index in [-0.39, 0.29) is 23.5 Å². The van der Waals surface area contributed by atoms with Crippen LogP contribution in [-0.2, 0) is 17.1 Å². The van der Waals surface area contributed by atoms with E-state index in [9.17, 15) is 8.42 Å². The second kappa shape index (κ2) is 7.14. The van der Waals surface area contributed by atoms with Crippen molar-refractivity contribution in [3.63, 3.8) is 0 Å². The largest absolute Gasteiger partial charge is 0.313 e. The first kappa shape index (κ1) is 18.2. The van der Waals surface area contributed by atoms with Crippen molar-refractivity contribution in [3.8, 4) is 0 Å². The highest BCUT2D eigenvalue weighted by atomic mass is 35.5. The smallest absolute Gasteiger partial charge is 0.262 e. The monoisotopic (exact) mass is 377 g/mol. The number of aromatic nitrogens is 3. The first-order valence-corrected chi connectivity index (χ1v) is 8.64. The van der Waals surface area contributed by atoms with E-state index in [1.165, 1.54) is 15.2 Å². The van der Waals surface area contributed by atoms with E-state index in [0.717, 1.165) is 5.56 Å². The van der Waals surface area contributed by atoms with Crippen LogP contribution in [0.25, 0.3) is 0 Å². The molecule has 2 aromatic rings. The summed E-state index contributed by atoms with van der Waals surface area (Å²) in [5, 5.41) is 11.3. The van der Waals surface area contributed by atoms with Crippen molar-refractivity contribution in [1.82, 2.24) is 24.6 Å². The summed E-state index contributed by atoms with van der Waals surface area (Å²) in [6, 6.07) is 6.96. The van der Waals surface area contributed by atoms with Gasteiger partial charge in [0.15, 0.2) is 5.03 Å². The zero-order valence-electron chi connectivity index (χ0n) is 12.4. The quantitative estimate of drug-likeness (QED) is 0.869. The third-order valence-corrected chi connectivity index (χ3v) is 5.86. The molecule has 0 spiro atoms. The van der Waals surface area contributed by atoms with Crippen LogP contribution in [0.4, 0.5) is 0 Å². The summed E-state index contributed by atoms with van der Waals surface area (Å²) in [7, 11) is -2.11. The molecule has 1 unspecified atom stereocenters. The summed E-state index contributed by atoms with van der Waals surface area (Å²) in [4.78, 5) is 0. The van der Waals surface area contributed by atoms with Gasteiger partial charge in [0.25, 0.3) is 10.0 Å². The van der Waals surface area contributed by atoms with Gasteiger partial charge in [-0.3, -0.25) is 0 Å². The van der Waals surface area contributed by atoms with Crippen LogP contribution < -0.4 is 5.32 Å². The highest BCUT2D eigenvalue weighted by molar-refractivity contribution is 7.89. The average molecular weight is 378 g/mol. The number of hydrogen-bond donors (Lipinski definition) is 1. The summed E-state index contributed by atoms with van der Waals surface area (Å²) < 4.78 is 28.6. The Labute approximate surface area is 146 Å². The Bertz CT molecular complexity index is 780. The molecule has 0 amide bonds. The van der Waals surface area contributed by atoms with Crippen LogP contribution in [0.5, 0.6) is 0 Å². The minimum Gasteiger partial charge on any atom is -0.313 e. The molecule has 1 aliphatic heterocycles. The number of sulfonamides is 1. The Morgan fingerprint density at radius 3 is 2.83 bits per heavy atom. The molecule has 1 aliphatic rings. The molecule has 0 aliphatic carbocycles. The van der Waals surface area contributed by atoms with Gasteiger partial charge in [0, 0.05) is 31.7 Å². The molecule has 3 rings (SSSR count). The standard InChI is InChI=1S/C13H16ClN5O2S.ClH/c1-18-13(9-16-17-18)22(20,21)19-6-5-15-8-12(19)10-3-2-4-11(14)7-10;/h2-4,7,9,12,15H,5-6,8H2,1H3;1H. The van der Waals surface area contributed by atoms with Gasteiger partial charge in [0.2, 0.25) is 0 Å². The molecule has 126 valence electrons. The van der Waals surface area contributed by atoms with Crippen LogP contribution in [0.3, 0.4) is 0 Å². The van der Waals surface area contributed by atoms with Gasteiger partial charge in [0.1, 0.15) is 0 Å². The number of aryl methyl sites for hydroxylation is 1. The third kappa shape index (κ3) is 3.51. The number of nitrogens with zero attached hydrogens (tertiary/aromatic N) is 4. The summed E-state index contributed by atoms with van der Waals surface area (Å²) in [5.41, 5.74) is 0.860. The minimum absolute atomic E-state index is 0. The van der Waals surface area contributed by atoms with Gasteiger partial charge >= 0.3 is 0 Å². The van der Waals surface area contributed by atoms with E-state index >= 15 is 0 Å². The molecule has 0 radical (unpaired) electrons. The van der Waals surface area contributed by atoms with Crippen molar-refractivity contribution >= 4 is 34.0 Å². The first-order valence-electron chi connectivity index (χ1n) is 6.83. The predicted molar refractivity (Wildman–Crippen MR) is 89.2 cm³/mol. The Morgan fingerprint density at radius 2 is 2.17 bits per heavy atom. The number of rotatable bonds is 3. The lowest BCUT2D eigenvalue weighted by molar-refractivity contribution is 0.270. The number of nitrogens with one attached hydrogen (secondary N) is 1. The maximum absolute atomic E-state index is 12.9. The van der Waals surface area contributed by atoms with Crippen LogP contribution in [0.2, 0.25) is 5.02 Å². The number of halogens is 2. The molecule has 0 saturated carbocycles. The molecule has 0 bridgehead atoms. The Hall–Kier alpha value is -1.19. The van der Waals surface area contributed by atoms with Crippen molar-refractivity contribution in [1.29, 1.82) is 0 Å². The number of benzene rings is 1. The van der Waals surface area contributed by atoms with Crippen molar-refractivity contribution < 1.29 is 8.42 Å². The van der Waals surface area contributed by atoms with Crippen molar-refractivity contribution in [2.24, 2.45) is 7.05 Å². The van der Waals surface area contributed by atoms with Gasteiger partial charge in [0.05, 0.1) is 12.2 Å². The maximum Gasteiger partial charge on any atom is 0.262 e. The Kier molecular flexibility index (Phi) is 5.64. The van der Waals surface area contributed by atoms with Gasteiger partial charge in [-0.05, 0) is 17.7 Å². The molecular weight excluding hydrogens is 361 g/mol. The summed E-state index contributed by atoms with van der Waals surface area (Å²) in [6.07, 6.45) is 1.27. The summed E-state index contributed by atoms with van der Waals surface area (Å²) in [5.74, 6) is 0. The molecule has 2 heterocycles. The van der Waals surface area contributed by atoms with E-state index < -0.39 is 10.0 Å². The molecular formula is C13H17Cl2N5O2S. The van der Waals surface area contributed by atoms with Crippen LogP contribution in [0.1, 0.15) is 11.6 Å². The second-order valence-corrected chi connectivity index (χ2v) is 7.36. The van der Waals surface area contributed by atoms with E-state index in [2.05, 4.69) is 15.6 Å². The average Bonchev–Trinajstić information content (AvgIpc) is 2.94. The molecule has 7 nitrogen and oxygen atoms in total. The van der Waals surface area contributed by atoms with Gasteiger partial charge in [-0.1, -0.05) is 28.9 Å². The summed E-state index contributed by atoms with van der Waals surface area (Å²) >= 11 is 6.04. The Morgan fingerprint density at radius 1 is 1.39 bits per heavy atom. The maximum atomic E-state index is 12.9. The van der Waals surface area contributed by atoms with Gasteiger partial charge in [-0.25, -0.2) is 13.1 Å². The second-order valence-electron chi connectivity index (χ2n) is 5.09. The van der Waals surface area contributed by atoms with E-state index in [1.54, 1.807) is 19.2 Å². The SMILES string of the molecule is Cl.Cn1nncc1S(=O)(=O)N1CCNCC1c1cccc(Cl)c1.